The minimum Gasteiger partial charge on any atom is -0.390 e. The van der Waals surface area contributed by atoms with Crippen molar-refractivity contribution in [2.24, 2.45) is 7.05 Å². The number of aliphatic hydroxyl groups is 1. The Kier molecular flexibility index (Phi) is 4.84. The Labute approximate surface area is 114 Å². The first-order chi connectivity index (χ1) is 9.13. The van der Waals surface area contributed by atoms with E-state index in [1.165, 1.54) is 18.7 Å². The van der Waals surface area contributed by atoms with E-state index in [4.69, 9.17) is 5.11 Å². The van der Waals surface area contributed by atoms with Gasteiger partial charge in [0.2, 0.25) is 10.0 Å². The van der Waals surface area contributed by atoms with Gasteiger partial charge in [-0.3, -0.25) is 4.79 Å². The first-order valence-corrected chi connectivity index (χ1v) is 6.98. The third-order valence-corrected chi connectivity index (χ3v) is 3.87. The summed E-state index contributed by atoms with van der Waals surface area (Å²) < 4.78 is 52.2. The first-order valence-electron chi connectivity index (χ1n) is 5.50. The number of aliphatic hydroxyl groups excluding tert-OH is 1. The van der Waals surface area contributed by atoms with Gasteiger partial charge in [-0.05, 0) is 6.07 Å². The van der Waals surface area contributed by atoms with Crippen molar-refractivity contribution in [2.45, 2.75) is 10.8 Å². The van der Waals surface area contributed by atoms with E-state index in [1.807, 2.05) is 0 Å². The summed E-state index contributed by atoms with van der Waals surface area (Å²) in [6.07, 6.45) is 1.13. The van der Waals surface area contributed by atoms with Crippen molar-refractivity contribution < 1.29 is 27.1 Å². The van der Waals surface area contributed by atoms with Crippen molar-refractivity contribution in [1.82, 2.24) is 14.6 Å². The molecule has 3 N–H and O–H groups in total. The summed E-state index contributed by atoms with van der Waals surface area (Å²) in [4.78, 5) is 11.1. The van der Waals surface area contributed by atoms with Crippen LogP contribution in [-0.4, -0.2) is 50.1 Å². The second-order valence-corrected chi connectivity index (χ2v) is 5.86. The van der Waals surface area contributed by atoms with Gasteiger partial charge in [0.25, 0.3) is 11.8 Å². The van der Waals surface area contributed by atoms with E-state index in [9.17, 15) is 22.0 Å². The lowest BCUT2D eigenvalue weighted by molar-refractivity contribution is -0.0437. The zero-order valence-electron chi connectivity index (χ0n) is 10.9. The van der Waals surface area contributed by atoms with Crippen LogP contribution in [0.4, 0.5) is 8.78 Å². The minimum absolute atomic E-state index is 0.0711. The molecular weight excluding hydrogens is 296 g/mol. The number of sulfonamides is 1. The highest BCUT2D eigenvalue weighted by molar-refractivity contribution is 7.89. The fraction of sp³-hybridized carbons (Fsp3) is 0.500. The Morgan fingerprint density at radius 1 is 1.50 bits per heavy atom. The van der Waals surface area contributed by atoms with Crippen molar-refractivity contribution in [3.05, 3.63) is 18.0 Å². The number of hydrogen-bond acceptors (Lipinski definition) is 4. The summed E-state index contributed by atoms with van der Waals surface area (Å²) in [6, 6.07) is 1.07. The number of carbonyl (C=O) groups excluding carboxylic acids is 1. The summed E-state index contributed by atoms with van der Waals surface area (Å²) in [6.45, 7) is -2.69. The van der Waals surface area contributed by atoms with Gasteiger partial charge in [-0.2, -0.15) is 0 Å². The van der Waals surface area contributed by atoms with E-state index in [0.717, 1.165) is 12.3 Å². The Hall–Kier alpha value is -1.52. The van der Waals surface area contributed by atoms with Gasteiger partial charge in [0.05, 0.1) is 6.54 Å². The summed E-state index contributed by atoms with van der Waals surface area (Å²) in [5, 5.41) is 10.7. The molecule has 114 valence electrons. The number of amides is 1. The van der Waals surface area contributed by atoms with Crippen LogP contribution < -0.4 is 10.0 Å². The number of halogens is 2. The molecule has 0 aliphatic carbocycles. The Bertz CT molecular complexity index is 598. The second kappa shape index (κ2) is 5.85. The van der Waals surface area contributed by atoms with Gasteiger partial charge < -0.3 is 15.0 Å². The molecule has 20 heavy (non-hydrogen) atoms. The molecule has 0 aromatic carbocycles. The van der Waals surface area contributed by atoms with E-state index in [1.54, 1.807) is 4.72 Å². The molecule has 7 nitrogen and oxygen atoms in total. The van der Waals surface area contributed by atoms with E-state index >= 15 is 0 Å². The summed E-state index contributed by atoms with van der Waals surface area (Å²) in [5.74, 6) is -4.06. The minimum atomic E-state index is -4.19. The zero-order chi connectivity index (χ0) is 15.6. The largest absolute Gasteiger partial charge is 0.390 e. The lowest BCUT2D eigenvalue weighted by atomic mass is 10.4. The molecule has 0 saturated heterocycles. The average Bonchev–Trinajstić information content (AvgIpc) is 2.79. The van der Waals surface area contributed by atoms with Crippen LogP contribution in [0.3, 0.4) is 0 Å². The smallest absolute Gasteiger partial charge is 0.283 e. The van der Waals surface area contributed by atoms with E-state index < -0.39 is 35.0 Å². The Morgan fingerprint density at radius 3 is 2.60 bits per heavy atom. The van der Waals surface area contributed by atoms with Crippen LogP contribution in [0.1, 0.15) is 10.5 Å². The van der Waals surface area contributed by atoms with Crippen molar-refractivity contribution in [3.8, 4) is 0 Å². The number of hydrogen-bond donors (Lipinski definition) is 3. The van der Waals surface area contributed by atoms with Crippen molar-refractivity contribution in [2.75, 3.05) is 20.2 Å². The highest BCUT2D eigenvalue weighted by Crippen LogP contribution is 2.16. The molecule has 0 aliphatic heterocycles. The zero-order valence-corrected chi connectivity index (χ0v) is 11.7. The van der Waals surface area contributed by atoms with Gasteiger partial charge in [0.1, 0.15) is 17.2 Å². The monoisotopic (exact) mass is 311 g/mol. The maximum absolute atomic E-state index is 12.8. The summed E-state index contributed by atoms with van der Waals surface area (Å²) in [5.41, 5.74) is 0.0711. The molecule has 1 rings (SSSR count). The molecule has 1 aromatic rings. The van der Waals surface area contributed by atoms with Gasteiger partial charge in [0, 0.05) is 20.3 Å². The normalized spacial score (nSPS) is 12.4. The third kappa shape index (κ3) is 3.74. The van der Waals surface area contributed by atoms with Crippen molar-refractivity contribution in [3.63, 3.8) is 0 Å². The first kappa shape index (κ1) is 16.5. The Morgan fingerprint density at radius 2 is 2.10 bits per heavy atom. The molecule has 0 aliphatic rings. The fourth-order valence-electron chi connectivity index (χ4n) is 1.37. The number of rotatable bonds is 6. The van der Waals surface area contributed by atoms with Crippen LogP contribution >= 0.6 is 0 Å². The van der Waals surface area contributed by atoms with Crippen LogP contribution in [-0.2, 0) is 17.1 Å². The molecule has 0 atom stereocenters. The lowest BCUT2D eigenvalue weighted by Gasteiger charge is -2.13. The van der Waals surface area contributed by atoms with Crippen LogP contribution in [0.15, 0.2) is 17.2 Å². The second-order valence-electron chi connectivity index (χ2n) is 4.09. The molecule has 1 amide bonds. The van der Waals surface area contributed by atoms with Gasteiger partial charge in [-0.1, -0.05) is 0 Å². The highest BCUT2D eigenvalue weighted by atomic mass is 32.2. The van der Waals surface area contributed by atoms with Crippen LogP contribution in [0.2, 0.25) is 0 Å². The summed E-state index contributed by atoms with van der Waals surface area (Å²) >= 11 is 0. The van der Waals surface area contributed by atoms with Crippen LogP contribution in [0.25, 0.3) is 0 Å². The van der Waals surface area contributed by atoms with Gasteiger partial charge in [-0.15, -0.1) is 0 Å². The predicted octanol–water partition coefficient (Wildman–Crippen LogP) is -0.709. The van der Waals surface area contributed by atoms with E-state index in [2.05, 4.69) is 5.32 Å². The topological polar surface area (TPSA) is 100 Å². The van der Waals surface area contributed by atoms with Crippen molar-refractivity contribution >= 4 is 15.9 Å². The highest BCUT2D eigenvalue weighted by Gasteiger charge is 2.30. The number of alkyl halides is 2. The molecule has 0 unspecified atom stereocenters. The molecule has 10 heteroatoms. The number of aryl methyl sites for hydroxylation is 1. The summed E-state index contributed by atoms with van der Waals surface area (Å²) in [7, 11) is -1.36. The standard InChI is InChI=1S/C10H15F2N3O4S/c1-13-9(17)8-3-7(4-15(8)2)20(18,19)14-5-10(11,12)6-16/h3-4,14,16H,5-6H2,1-2H3,(H,13,17). The van der Waals surface area contributed by atoms with E-state index in [0.29, 0.717) is 0 Å². The molecule has 1 aromatic heterocycles. The maximum Gasteiger partial charge on any atom is 0.283 e. The van der Waals surface area contributed by atoms with Gasteiger partial charge >= 0.3 is 0 Å². The van der Waals surface area contributed by atoms with Crippen LogP contribution in [0.5, 0.6) is 0 Å². The third-order valence-electron chi connectivity index (χ3n) is 2.50. The quantitative estimate of drug-likeness (QED) is 0.646. The lowest BCUT2D eigenvalue weighted by Crippen LogP contribution is -2.38. The molecule has 0 saturated carbocycles. The number of nitrogens with zero attached hydrogens (tertiary/aromatic N) is 1. The Balaban J connectivity index is 2.97. The van der Waals surface area contributed by atoms with Crippen molar-refractivity contribution in [1.29, 1.82) is 0 Å². The molecular formula is C10H15F2N3O4S. The molecule has 0 radical (unpaired) electrons. The van der Waals surface area contributed by atoms with Crippen LogP contribution in [0, 0.1) is 0 Å². The number of aromatic nitrogens is 1. The molecule has 0 spiro atoms. The molecule has 1 heterocycles. The molecule has 0 fully saturated rings. The average molecular weight is 311 g/mol. The predicted molar refractivity (Wildman–Crippen MR) is 66.0 cm³/mol. The van der Waals surface area contributed by atoms with E-state index in [-0.39, 0.29) is 10.6 Å². The molecule has 0 bridgehead atoms. The van der Waals surface area contributed by atoms with Gasteiger partial charge in [-0.25, -0.2) is 21.9 Å². The maximum atomic E-state index is 12.8. The fourth-order valence-corrected chi connectivity index (χ4v) is 2.51. The number of carbonyl (C=O) groups is 1. The SMILES string of the molecule is CNC(=O)c1cc(S(=O)(=O)NCC(F)(F)CO)cn1C. The van der Waals surface area contributed by atoms with Gasteiger partial charge in [0.15, 0.2) is 0 Å². The number of nitrogens with one attached hydrogen (secondary N) is 2.